The lowest BCUT2D eigenvalue weighted by Crippen LogP contribution is -2.23. The Labute approximate surface area is 114 Å². The van der Waals surface area contributed by atoms with Crippen molar-refractivity contribution in [2.75, 3.05) is 17.2 Å². The first kappa shape index (κ1) is 16.1. The van der Waals surface area contributed by atoms with Crippen molar-refractivity contribution < 1.29 is 18.1 Å². The largest absolute Gasteiger partial charge is 0.391 e. The first-order chi connectivity index (χ1) is 9.21. The molecule has 8 heteroatoms. The summed E-state index contributed by atoms with van der Waals surface area (Å²) in [5.74, 6) is 0. The van der Waals surface area contributed by atoms with Gasteiger partial charge in [0.25, 0.3) is 5.69 Å². The van der Waals surface area contributed by atoms with Crippen molar-refractivity contribution in [1.29, 1.82) is 0 Å². The fraction of sp³-hybridized carbons (Fsp3) is 0.500. The van der Waals surface area contributed by atoms with E-state index in [0.717, 1.165) is 0 Å². The number of hydrogen-bond donors (Lipinski definition) is 2. The van der Waals surface area contributed by atoms with Gasteiger partial charge in [0.15, 0.2) is 0 Å². The van der Waals surface area contributed by atoms with Crippen LogP contribution in [0, 0.1) is 10.1 Å². The Morgan fingerprint density at radius 3 is 2.40 bits per heavy atom. The first-order valence-corrected chi connectivity index (χ1v) is 6.08. The van der Waals surface area contributed by atoms with Crippen molar-refractivity contribution in [2.24, 2.45) is 0 Å². The Bertz CT molecular complexity index is 478. The summed E-state index contributed by atoms with van der Waals surface area (Å²) >= 11 is 0. The molecule has 0 spiro atoms. The van der Waals surface area contributed by atoms with Crippen molar-refractivity contribution >= 4 is 17.1 Å². The van der Waals surface area contributed by atoms with Gasteiger partial charge in [-0.3, -0.25) is 10.1 Å². The van der Waals surface area contributed by atoms with E-state index in [2.05, 4.69) is 10.6 Å². The molecule has 1 unspecified atom stereocenters. The zero-order valence-electron chi connectivity index (χ0n) is 11.1. The Morgan fingerprint density at radius 2 is 1.90 bits per heavy atom. The van der Waals surface area contributed by atoms with Gasteiger partial charge in [0.2, 0.25) is 0 Å². The molecule has 0 aliphatic carbocycles. The summed E-state index contributed by atoms with van der Waals surface area (Å²) in [6.07, 6.45) is -5.29. The summed E-state index contributed by atoms with van der Waals surface area (Å²) in [6.45, 7) is 3.75. The fourth-order valence-corrected chi connectivity index (χ4v) is 1.79. The van der Waals surface area contributed by atoms with E-state index >= 15 is 0 Å². The average molecular weight is 291 g/mol. The molecular weight excluding hydrogens is 275 g/mol. The van der Waals surface area contributed by atoms with Gasteiger partial charge in [-0.25, -0.2) is 0 Å². The molecule has 0 amide bonds. The van der Waals surface area contributed by atoms with Crippen LogP contribution in [0.1, 0.15) is 20.3 Å². The number of benzene rings is 1. The molecule has 0 heterocycles. The minimum absolute atomic E-state index is 0.176. The molecular formula is C12H16F3N3O2. The van der Waals surface area contributed by atoms with Gasteiger partial charge in [0, 0.05) is 36.1 Å². The van der Waals surface area contributed by atoms with Crippen LogP contribution in [-0.4, -0.2) is 23.7 Å². The van der Waals surface area contributed by atoms with Gasteiger partial charge in [0.1, 0.15) is 0 Å². The maximum absolute atomic E-state index is 12.3. The minimum Gasteiger partial charge on any atom is -0.385 e. The number of non-ortho nitro benzene ring substituents is 1. The van der Waals surface area contributed by atoms with E-state index in [4.69, 9.17) is 0 Å². The lowest BCUT2D eigenvalue weighted by Gasteiger charge is -2.17. The van der Waals surface area contributed by atoms with E-state index in [1.54, 1.807) is 6.07 Å². The highest BCUT2D eigenvalue weighted by molar-refractivity contribution is 5.63. The van der Waals surface area contributed by atoms with E-state index in [1.165, 1.54) is 19.1 Å². The average Bonchev–Trinajstić information content (AvgIpc) is 2.26. The normalized spacial score (nSPS) is 12.8. The number of nitro benzene ring substituents is 1. The lowest BCUT2D eigenvalue weighted by molar-refractivity contribution is -0.384. The third-order valence-electron chi connectivity index (χ3n) is 2.46. The second kappa shape index (κ2) is 6.44. The van der Waals surface area contributed by atoms with E-state index in [9.17, 15) is 23.3 Å². The molecule has 0 radical (unpaired) electrons. The maximum Gasteiger partial charge on any atom is 0.391 e. The van der Waals surface area contributed by atoms with Gasteiger partial charge in [-0.05, 0) is 19.9 Å². The van der Waals surface area contributed by atoms with Crippen LogP contribution in [0.5, 0.6) is 0 Å². The van der Waals surface area contributed by atoms with Crippen molar-refractivity contribution in [1.82, 2.24) is 0 Å². The summed E-state index contributed by atoms with van der Waals surface area (Å²) in [4.78, 5) is 10.2. The number of alkyl halides is 3. The monoisotopic (exact) mass is 291 g/mol. The molecule has 20 heavy (non-hydrogen) atoms. The molecule has 0 bridgehead atoms. The molecule has 1 aromatic carbocycles. The van der Waals surface area contributed by atoms with Gasteiger partial charge in [0.05, 0.1) is 11.3 Å². The van der Waals surface area contributed by atoms with Gasteiger partial charge >= 0.3 is 6.18 Å². The summed E-state index contributed by atoms with van der Waals surface area (Å²) in [6, 6.07) is 3.23. The van der Waals surface area contributed by atoms with Crippen LogP contribution in [0.4, 0.5) is 30.2 Å². The number of rotatable bonds is 6. The Balaban J connectivity index is 2.90. The van der Waals surface area contributed by atoms with Gasteiger partial charge in [-0.2, -0.15) is 13.2 Å². The fourth-order valence-electron chi connectivity index (χ4n) is 1.79. The second-order valence-corrected chi connectivity index (χ2v) is 4.42. The number of nitrogens with zero attached hydrogens (tertiary/aromatic N) is 1. The van der Waals surface area contributed by atoms with Gasteiger partial charge in [-0.15, -0.1) is 0 Å². The molecule has 1 rings (SSSR count). The predicted molar refractivity (Wildman–Crippen MR) is 71.0 cm³/mol. The third-order valence-corrected chi connectivity index (χ3v) is 2.46. The number of halogens is 3. The van der Waals surface area contributed by atoms with E-state index in [1.807, 2.05) is 6.92 Å². The molecule has 0 saturated carbocycles. The zero-order valence-corrected chi connectivity index (χ0v) is 11.1. The first-order valence-electron chi connectivity index (χ1n) is 6.08. The van der Waals surface area contributed by atoms with Crippen LogP contribution >= 0.6 is 0 Å². The van der Waals surface area contributed by atoms with Crippen LogP contribution in [0.25, 0.3) is 0 Å². The second-order valence-electron chi connectivity index (χ2n) is 4.42. The standard InChI is InChI=1S/C12H16F3N3O2/c1-3-16-9-4-10(6-11(5-9)18(19)20)17-8(2)7-12(13,14)15/h4-6,8,16-17H,3,7H2,1-2H3. The topological polar surface area (TPSA) is 67.2 Å². The third kappa shape index (κ3) is 5.33. The van der Waals surface area contributed by atoms with Crippen molar-refractivity contribution in [3.63, 3.8) is 0 Å². The molecule has 112 valence electrons. The van der Waals surface area contributed by atoms with Crippen LogP contribution < -0.4 is 10.6 Å². The Hall–Kier alpha value is -1.99. The van der Waals surface area contributed by atoms with Crippen LogP contribution in [-0.2, 0) is 0 Å². The molecule has 0 aliphatic heterocycles. The molecule has 0 fully saturated rings. The summed E-state index contributed by atoms with van der Waals surface area (Å²) < 4.78 is 36.8. The molecule has 0 aliphatic rings. The smallest absolute Gasteiger partial charge is 0.385 e. The van der Waals surface area contributed by atoms with Crippen LogP contribution in [0.3, 0.4) is 0 Å². The van der Waals surface area contributed by atoms with E-state index in [0.29, 0.717) is 12.2 Å². The number of hydrogen-bond acceptors (Lipinski definition) is 4. The molecule has 1 atom stereocenters. The number of nitrogens with one attached hydrogen (secondary N) is 2. The lowest BCUT2D eigenvalue weighted by atomic mass is 10.2. The summed E-state index contributed by atoms with van der Waals surface area (Å²) in [5, 5.41) is 16.3. The van der Waals surface area contributed by atoms with Gasteiger partial charge < -0.3 is 10.6 Å². The molecule has 2 N–H and O–H groups in total. The quantitative estimate of drug-likeness (QED) is 0.618. The van der Waals surface area contributed by atoms with Gasteiger partial charge in [-0.1, -0.05) is 0 Å². The molecule has 5 nitrogen and oxygen atoms in total. The Morgan fingerprint density at radius 1 is 1.30 bits per heavy atom. The number of anilines is 2. The van der Waals surface area contributed by atoms with E-state index < -0.39 is 23.6 Å². The van der Waals surface area contributed by atoms with Crippen molar-refractivity contribution in [3.05, 3.63) is 28.3 Å². The maximum atomic E-state index is 12.3. The predicted octanol–water partition coefficient (Wildman–Crippen LogP) is 3.78. The molecule has 1 aromatic rings. The van der Waals surface area contributed by atoms with Crippen LogP contribution in [0.15, 0.2) is 18.2 Å². The van der Waals surface area contributed by atoms with Crippen molar-refractivity contribution in [3.8, 4) is 0 Å². The highest BCUT2D eigenvalue weighted by Crippen LogP contribution is 2.27. The minimum atomic E-state index is -4.28. The SMILES string of the molecule is CCNc1cc(NC(C)CC(F)(F)F)cc([N+](=O)[O-])c1. The molecule has 0 aromatic heterocycles. The van der Waals surface area contributed by atoms with Crippen LogP contribution in [0.2, 0.25) is 0 Å². The van der Waals surface area contributed by atoms with E-state index in [-0.39, 0.29) is 11.4 Å². The Kier molecular flexibility index (Phi) is 5.18. The highest BCUT2D eigenvalue weighted by atomic mass is 19.4. The zero-order chi connectivity index (χ0) is 15.3. The molecule has 0 saturated heterocycles. The summed E-state index contributed by atoms with van der Waals surface area (Å²) in [7, 11) is 0. The highest BCUT2D eigenvalue weighted by Gasteiger charge is 2.30. The number of nitro groups is 1. The summed E-state index contributed by atoms with van der Waals surface area (Å²) in [5.41, 5.74) is 0.598. The van der Waals surface area contributed by atoms with Crippen molar-refractivity contribution in [2.45, 2.75) is 32.5 Å².